The lowest BCUT2D eigenvalue weighted by atomic mass is 9.77. The summed E-state index contributed by atoms with van der Waals surface area (Å²) in [6.45, 7) is 10.4. The second-order valence-electron chi connectivity index (χ2n) is 5.63. The largest absolute Gasteiger partial charge is 0.299 e. The standard InChI is InChI=1S/C16H24O/c1-6-12(2)11-15(17)16(4,5)14-9-7-13(3)8-10-14/h7-10,12H,6,11H2,1-5H3. The lowest BCUT2D eigenvalue weighted by Gasteiger charge is -2.25. The normalized spacial score (nSPS) is 13.5. The zero-order chi connectivity index (χ0) is 13.1. The Bertz CT molecular complexity index is 373. The zero-order valence-electron chi connectivity index (χ0n) is 11.7. The minimum Gasteiger partial charge on any atom is -0.299 e. The molecule has 0 heterocycles. The number of Topliss-reactive ketones (excluding diaryl/α,β-unsaturated/α-hetero) is 1. The van der Waals surface area contributed by atoms with E-state index in [0.29, 0.717) is 18.1 Å². The van der Waals surface area contributed by atoms with Crippen molar-refractivity contribution in [2.24, 2.45) is 5.92 Å². The van der Waals surface area contributed by atoms with Crippen LogP contribution in [0.15, 0.2) is 24.3 Å². The first kappa shape index (κ1) is 14.0. The van der Waals surface area contributed by atoms with Crippen molar-refractivity contribution >= 4 is 5.78 Å². The molecule has 1 rings (SSSR count). The van der Waals surface area contributed by atoms with Gasteiger partial charge in [-0.05, 0) is 32.3 Å². The van der Waals surface area contributed by atoms with Gasteiger partial charge in [0.1, 0.15) is 5.78 Å². The van der Waals surface area contributed by atoms with Gasteiger partial charge in [0, 0.05) is 11.8 Å². The molecular formula is C16H24O. The summed E-state index contributed by atoms with van der Waals surface area (Å²) in [6.07, 6.45) is 1.74. The lowest BCUT2D eigenvalue weighted by molar-refractivity contribution is -0.124. The number of rotatable bonds is 5. The molecule has 0 aromatic heterocycles. The summed E-state index contributed by atoms with van der Waals surface area (Å²) >= 11 is 0. The van der Waals surface area contributed by atoms with Gasteiger partial charge in [0.2, 0.25) is 0 Å². The monoisotopic (exact) mass is 232 g/mol. The van der Waals surface area contributed by atoms with Crippen LogP contribution in [0.25, 0.3) is 0 Å². The third-order valence-electron chi connectivity index (χ3n) is 3.70. The van der Waals surface area contributed by atoms with E-state index in [1.807, 2.05) is 13.8 Å². The van der Waals surface area contributed by atoms with Crippen molar-refractivity contribution in [2.75, 3.05) is 0 Å². The van der Waals surface area contributed by atoms with Crippen molar-refractivity contribution in [1.82, 2.24) is 0 Å². The van der Waals surface area contributed by atoms with Crippen molar-refractivity contribution in [2.45, 2.75) is 52.9 Å². The highest BCUT2D eigenvalue weighted by Gasteiger charge is 2.29. The van der Waals surface area contributed by atoms with Crippen LogP contribution in [-0.4, -0.2) is 5.78 Å². The van der Waals surface area contributed by atoms with E-state index < -0.39 is 0 Å². The van der Waals surface area contributed by atoms with Crippen molar-refractivity contribution in [1.29, 1.82) is 0 Å². The fourth-order valence-electron chi connectivity index (χ4n) is 1.85. The molecule has 0 bridgehead atoms. The van der Waals surface area contributed by atoms with Crippen molar-refractivity contribution < 1.29 is 4.79 Å². The number of ketones is 1. The van der Waals surface area contributed by atoms with E-state index in [2.05, 4.69) is 45.0 Å². The fraction of sp³-hybridized carbons (Fsp3) is 0.562. The number of aryl methyl sites for hydroxylation is 1. The molecule has 94 valence electrons. The first-order valence-corrected chi connectivity index (χ1v) is 6.48. The van der Waals surface area contributed by atoms with Gasteiger partial charge < -0.3 is 0 Å². The molecule has 0 radical (unpaired) electrons. The van der Waals surface area contributed by atoms with Crippen LogP contribution in [0.1, 0.15) is 51.7 Å². The second kappa shape index (κ2) is 5.48. The maximum Gasteiger partial charge on any atom is 0.143 e. The van der Waals surface area contributed by atoms with Crippen LogP contribution < -0.4 is 0 Å². The Kier molecular flexibility index (Phi) is 4.50. The average molecular weight is 232 g/mol. The van der Waals surface area contributed by atoms with Crippen LogP contribution in [0.2, 0.25) is 0 Å². The number of hydrogen-bond donors (Lipinski definition) is 0. The Hall–Kier alpha value is -1.11. The highest BCUT2D eigenvalue weighted by atomic mass is 16.1. The first-order valence-electron chi connectivity index (χ1n) is 6.48. The molecule has 17 heavy (non-hydrogen) atoms. The number of carbonyl (C=O) groups is 1. The molecule has 1 aromatic rings. The van der Waals surface area contributed by atoms with E-state index in [-0.39, 0.29) is 5.41 Å². The van der Waals surface area contributed by atoms with Gasteiger partial charge in [0.25, 0.3) is 0 Å². The highest BCUT2D eigenvalue weighted by molar-refractivity contribution is 5.89. The van der Waals surface area contributed by atoms with E-state index in [9.17, 15) is 4.79 Å². The van der Waals surface area contributed by atoms with E-state index in [1.165, 1.54) is 5.56 Å². The van der Waals surface area contributed by atoms with Gasteiger partial charge in [-0.1, -0.05) is 50.1 Å². The van der Waals surface area contributed by atoms with Gasteiger partial charge in [0.15, 0.2) is 0 Å². The summed E-state index contributed by atoms with van der Waals surface area (Å²) in [5.41, 5.74) is 1.99. The SMILES string of the molecule is CCC(C)CC(=O)C(C)(C)c1ccc(C)cc1. The minimum absolute atomic E-state index is 0.343. The molecule has 1 nitrogen and oxygen atoms in total. The highest BCUT2D eigenvalue weighted by Crippen LogP contribution is 2.27. The van der Waals surface area contributed by atoms with Crippen LogP contribution in [0.5, 0.6) is 0 Å². The van der Waals surface area contributed by atoms with E-state index >= 15 is 0 Å². The van der Waals surface area contributed by atoms with Gasteiger partial charge in [-0.3, -0.25) is 4.79 Å². The Morgan fingerprint density at radius 3 is 2.24 bits per heavy atom. The molecule has 0 aliphatic carbocycles. The topological polar surface area (TPSA) is 17.1 Å². The Morgan fingerprint density at radius 2 is 1.76 bits per heavy atom. The van der Waals surface area contributed by atoms with E-state index in [4.69, 9.17) is 0 Å². The molecule has 0 saturated carbocycles. The summed E-state index contributed by atoms with van der Waals surface area (Å²) < 4.78 is 0. The van der Waals surface area contributed by atoms with Crippen molar-refractivity contribution in [3.05, 3.63) is 35.4 Å². The molecule has 0 saturated heterocycles. The zero-order valence-corrected chi connectivity index (χ0v) is 11.7. The van der Waals surface area contributed by atoms with Crippen LogP contribution >= 0.6 is 0 Å². The predicted octanol–water partition coefficient (Wildman–Crippen LogP) is 4.28. The molecule has 1 aromatic carbocycles. The smallest absolute Gasteiger partial charge is 0.143 e. The molecule has 0 fully saturated rings. The summed E-state index contributed by atoms with van der Waals surface area (Å²) in [5, 5.41) is 0. The molecule has 1 atom stereocenters. The maximum atomic E-state index is 12.3. The van der Waals surface area contributed by atoms with E-state index in [1.54, 1.807) is 0 Å². The predicted molar refractivity (Wildman–Crippen MR) is 73.3 cm³/mol. The Balaban J connectivity index is 2.86. The number of hydrogen-bond acceptors (Lipinski definition) is 1. The molecule has 0 spiro atoms. The summed E-state index contributed by atoms with van der Waals surface area (Å²) in [6, 6.07) is 8.30. The average Bonchev–Trinajstić information content (AvgIpc) is 2.29. The van der Waals surface area contributed by atoms with Gasteiger partial charge in [-0.15, -0.1) is 0 Å². The Morgan fingerprint density at radius 1 is 1.24 bits per heavy atom. The second-order valence-corrected chi connectivity index (χ2v) is 5.63. The number of carbonyl (C=O) groups excluding carboxylic acids is 1. The van der Waals surface area contributed by atoms with Crippen LogP contribution in [-0.2, 0) is 10.2 Å². The quantitative estimate of drug-likeness (QED) is 0.740. The maximum absolute atomic E-state index is 12.3. The molecule has 1 heteroatoms. The van der Waals surface area contributed by atoms with Crippen molar-refractivity contribution in [3.8, 4) is 0 Å². The molecule has 0 aliphatic heterocycles. The Labute approximate surface area is 105 Å². The molecule has 1 unspecified atom stereocenters. The summed E-state index contributed by atoms with van der Waals surface area (Å²) in [5.74, 6) is 0.822. The fourth-order valence-corrected chi connectivity index (χ4v) is 1.85. The van der Waals surface area contributed by atoms with Gasteiger partial charge in [-0.2, -0.15) is 0 Å². The molecule has 0 aliphatic rings. The van der Waals surface area contributed by atoms with Gasteiger partial charge in [0.05, 0.1) is 0 Å². The van der Waals surface area contributed by atoms with Gasteiger partial charge in [-0.25, -0.2) is 0 Å². The third kappa shape index (κ3) is 3.42. The molecule has 0 amide bonds. The van der Waals surface area contributed by atoms with Gasteiger partial charge >= 0.3 is 0 Å². The summed E-state index contributed by atoms with van der Waals surface area (Å²) in [7, 11) is 0. The van der Waals surface area contributed by atoms with Crippen LogP contribution in [0.3, 0.4) is 0 Å². The van der Waals surface area contributed by atoms with Crippen molar-refractivity contribution in [3.63, 3.8) is 0 Å². The first-order chi connectivity index (χ1) is 7.87. The minimum atomic E-state index is -0.364. The molecular weight excluding hydrogens is 208 g/mol. The molecule has 0 N–H and O–H groups in total. The van der Waals surface area contributed by atoms with Crippen LogP contribution in [0, 0.1) is 12.8 Å². The lowest BCUT2D eigenvalue weighted by Crippen LogP contribution is -2.30. The van der Waals surface area contributed by atoms with E-state index in [0.717, 1.165) is 12.0 Å². The summed E-state index contributed by atoms with van der Waals surface area (Å²) in [4.78, 5) is 12.3. The van der Waals surface area contributed by atoms with Crippen LogP contribution in [0.4, 0.5) is 0 Å². The number of benzene rings is 1. The third-order valence-corrected chi connectivity index (χ3v) is 3.70.